The Balaban J connectivity index is 2.70. The zero-order valence-electron chi connectivity index (χ0n) is 7.67. The summed E-state index contributed by atoms with van der Waals surface area (Å²) in [5, 5.41) is 0. The molecular weight excluding hydrogens is 193 g/mol. The number of hydrogen-bond donors (Lipinski definition) is 1. The van der Waals surface area contributed by atoms with Gasteiger partial charge in [-0.3, -0.25) is 4.98 Å². The van der Waals surface area contributed by atoms with E-state index in [0.29, 0.717) is 0 Å². The number of pyridine rings is 1. The normalized spacial score (nSPS) is 14.1. The van der Waals surface area contributed by atoms with Crippen LogP contribution in [0.15, 0.2) is 18.3 Å². The van der Waals surface area contributed by atoms with E-state index in [9.17, 15) is 13.2 Å². The molecule has 0 fully saturated rings. The molecule has 1 atom stereocenters. The molecule has 1 rings (SSSR count). The lowest BCUT2D eigenvalue weighted by atomic mass is 10.1. The monoisotopic (exact) mass is 204 g/mol. The molecule has 0 saturated carbocycles. The first-order chi connectivity index (χ1) is 6.38. The van der Waals surface area contributed by atoms with Gasteiger partial charge < -0.3 is 5.73 Å². The fourth-order valence-corrected chi connectivity index (χ4v) is 1.05. The van der Waals surface area contributed by atoms with E-state index in [1.165, 1.54) is 12.3 Å². The van der Waals surface area contributed by atoms with Gasteiger partial charge in [0.15, 0.2) is 0 Å². The zero-order valence-corrected chi connectivity index (χ0v) is 7.67. The number of aryl methyl sites for hydroxylation is 1. The lowest BCUT2D eigenvalue weighted by Crippen LogP contribution is -2.21. The second-order valence-corrected chi connectivity index (χ2v) is 3.19. The van der Waals surface area contributed by atoms with Crippen molar-refractivity contribution in [3.05, 3.63) is 29.6 Å². The quantitative estimate of drug-likeness (QED) is 0.803. The standard InChI is InChI=1S/C9H11F3N2/c1-6-2-3-8(14-5-6)7(13)4-9(10,11)12/h2-3,5,7H,4,13H2,1H3. The van der Waals surface area contributed by atoms with Gasteiger partial charge in [-0.2, -0.15) is 13.2 Å². The summed E-state index contributed by atoms with van der Waals surface area (Å²) < 4.78 is 35.9. The molecule has 0 bridgehead atoms. The summed E-state index contributed by atoms with van der Waals surface area (Å²) in [5.41, 5.74) is 6.52. The minimum Gasteiger partial charge on any atom is -0.322 e. The van der Waals surface area contributed by atoms with Crippen LogP contribution in [0, 0.1) is 6.92 Å². The van der Waals surface area contributed by atoms with Crippen LogP contribution in [0.25, 0.3) is 0 Å². The van der Waals surface area contributed by atoms with Crippen LogP contribution in [0.2, 0.25) is 0 Å². The van der Waals surface area contributed by atoms with Crippen LogP contribution in [-0.2, 0) is 0 Å². The Hall–Kier alpha value is -1.10. The van der Waals surface area contributed by atoms with Crippen molar-refractivity contribution in [2.75, 3.05) is 0 Å². The van der Waals surface area contributed by atoms with Gasteiger partial charge in [-0.25, -0.2) is 0 Å². The van der Waals surface area contributed by atoms with E-state index in [-0.39, 0.29) is 5.69 Å². The maximum Gasteiger partial charge on any atom is 0.390 e. The lowest BCUT2D eigenvalue weighted by Gasteiger charge is -2.13. The first-order valence-corrected chi connectivity index (χ1v) is 4.13. The molecule has 2 nitrogen and oxygen atoms in total. The summed E-state index contributed by atoms with van der Waals surface area (Å²) in [6.45, 7) is 1.81. The molecule has 0 aromatic carbocycles. The fraction of sp³-hybridized carbons (Fsp3) is 0.444. The molecule has 0 spiro atoms. The Morgan fingerprint density at radius 1 is 1.43 bits per heavy atom. The molecule has 1 unspecified atom stereocenters. The van der Waals surface area contributed by atoms with Gasteiger partial charge in [-0.05, 0) is 18.6 Å². The van der Waals surface area contributed by atoms with Gasteiger partial charge in [0.2, 0.25) is 0 Å². The van der Waals surface area contributed by atoms with E-state index < -0.39 is 18.6 Å². The molecular formula is C9H11F3N2. The van der Waals surface area contributed by atoms with Gasteiger partial charge in [-0.15, -0.1) is 0 Å². The number of alkyl halides is 3. The number of halogens is 3. The highest BCUT2D eigenvalue weighted by atomic mass is 19.4. The second kappa shape index (κ2) is 3.96. The van der Waals surface area contributed by atoms with E-state index in [0.717, 1.165) is 5.56 Å². The average molecular weight is 204 g/mol. The van der Waals surface area contributed by atoms with Crippen LogP contribution in [0.4, 0.5) is 13.2 Å². The van der Waals surface area contributed by atoms with E-state index in [1.54, 1.807) is 6.07 Å². The van der Waals surface area contributed by atoms with E-state index in [1.807, 2.05) is 6.92 Å². The van der Waals surface area contributed by atoms with Crippen LogP contribution < -0.4 is 5.73 Å². The van der Waals surface area contributed by atoms with Crippen molar-refractivity contribution in [3.63, 3.8) is 0 Å². The number of nitrogens with zero attached hydrogens (tertiary/aromatic N) is 1. The molecule has 5 heteroatoms. The number of aromatic nitrogens is 1. The summed E-state index contributed by atoms with van der Waals surface area (Å²) in [7, 11) is 0. The van der Waals surface area contributed by atoms with Crippen molar-refractivity contribution < 1.29 is 13.2 Å². The predicted molar refractivity (Wildman–Crippen MR) is 46.6 cm³/mol. The van der Waals surface area contributed by atoms with Crippen LogP contribution in [-0.4, -0.2) is 11.2 Å². The number of nitrogens with two attached hydrogens (primary N) is 1. The largest absolute Gasteiger partial charge is 0.390 e. The first-order valence-electron chi connectivity index (χ1n) is 4.13. The van der Waals surface area contributed by atoms with Gasteiger partial charge in [0.1, 0.15) is 0 Å². The summed E-state index contributed by atoms with van der Waals surface area (Å²) >= 11 is 0. The third kappa shape index (κ3) is 3.33. The molecule has 0 radical (unpaired) electrons. The highest BCUT2D eigenvalue weighted by Gasteiger charge is 2.31. The van der Waals surface area contributed by atoms with Crippen molar-refractivity contribution >= 4 is 0 Å². The highest BCUT2D eigenvalue weighted by Crippen LogP contribution is 2.26. The Morgan fingerprint density at radius 3 is 2.50 bits per heavy atom. The summed E-state index contributed by atoms with van der Waals surface area (Å²) in [5.74, 6) is 0. The molecule has 1 heterocycles. The Labute approximate surface area is 79.9 Å². The SMILES string of the molecule is Cc1ccc(C(N)CC(F)(F)F)nc1. The van der Waals surface area contributed by atoms with Crippen LogP contribution >= 0.6 is 0 Å². The number of rotatable bonds is 2. The summed E-state index contributed by atoms with van der Waals surface area (Å²) in [6.07, 6.45) is -3.78. The van der Waals surface area contributed by atoms with Gasteiger partial charge in [0.05, 0.1) is 18.2 Å². The van der Waals surface area contributed by atoms with Crippen molar-refractivity contribution in [1.82, 2.24) is 4.98 Å². The Bertz CT molecular complexity index is 292. The minimum absolute atomic E-state index is 0.271. The van der Waals surface area contributed by atoms with Gasteiger partial charge in [0, 0.05) is 6.20 Å². The Morgan fingerprint density at radius 2 is 2.07 bits per heavy atom. The van der Waals surface area contributed by atoms with Crippen molar-refractivity contribution in [2.24, 2.45) is 5.73 Å². The minimum atomic E-state index is -4.24. The Kier molecular flexibility index (Phi) is 3.10. The molecule has 0 aliphatic carbocycles. The average Bonchev–Trinajstić information content (AvgIpc) is 2.02. The molecule has 1 aromatic heterocycles. The van der Waals surface area contributed by atoms with E-state index in [2.05, 4.69) is 4.98 Å². The smallest absolute Gasteiger partial charge is 0.322 e. The molecule has 0 aliphatic rings. The first kappa shape index (κ1) is 11.0. The van der Waals surface area contributed by atoms with Crippen molar-refractivity contribution in [2.45, 2.75) is 25.6 Å². The third-order valence-corrected chi connectivity index (χ3v) is 1.77. The van der Waals surface area contributed by atoms with Crippen LogP contribution in [0.3, 0.4) is 0 Å². The molecule has 78 valence electrons. The highest BCUT2D eigenvalue weighted by molar-refractivity contribution is 5.14. The predicted octanol–water partition coefficient (Wildman–Crippen LogP) is 2.34. The third-order valence-electron chi connectivity index (χ3n) is 1.77. The van der Waals surface area contributed by atoms with Crippen LogP contribution in [0.1, 0.15) is 23.7 Å². The second-order valence-electron chi connectivity index (χ2n) is 3.19. The van der Waals surface area contributed by atoms with Crippen molar-refractivity contribution in [3.8, 4) is 0 Å². The van der Waals surface area contributed by atoms with E-state index >= 15 is 0 Å². The van der Waals surface area contributed by atoms with Gasteiger partial charge in [0.25, 0.3) is 0 Å². The van der Waals surface area contributed by atoms with Crippen LogP contribution in [0.5, 0.6) is 0 Å². The van der Waals surface area contributed by atoms with Gasteiger partial charge in [-0.1, -0.05) is 6.07 Å². The fourth-order valence-electron chi connectivity index (χ4n) is 1.05. The summed E-state index contributed by atoms with van der Waals surface area (Å²) in [6, 6.07) is 2.14. The van der Waals surface area contributed by atoms with Gasteiger partial charge >= 0.3 is 6.18 Å². The molecule has 0 amide bonds. The molecule has 1 aromatic rings. The maximum atomic E-state index is 12.0. The molecule has 14 heavy (non-hydrogen) atoms. The zero-order chi connectivity index (χ0) is 10.8. The molecule has 0 saturated heterocycles. The topological polar surface area (TPSA) is 38.9 Å². The summed E-state index contributed by atoms with van der Waals surface area (Å²) in [4.78, 5) is 3.84. The number of hydrogen-bond acceptors (Lipinski definition) is 2. The maximum absolute atomic E-state index is 12.0. The molecule has 2 N–H and O–H groups in total. The van der Waals surface area contributed by atoms with Crippen molar-refractivity contribution in [1.29, 1.82) is 0 Å². The molecule has 0 aliphatic heterocycles. The van der Waals surface area contributed by atoms with E-state index in [4.69, 9.17) is 5.73 Å². The lowest BCUT2D eigenvalue weighted by molar-refractivity contribution is -0.138.